The lowest BCUT2D eigenvalue weighted by Crippen LogP contribution is -2.35. The molecule has 0 radical (unpaired) electrons. The van der Waals surface area contributed by atoms with Crippen molar-refractivity contribution in [3.05, 3.63) is 23.5 Å². The Morgan fingerprint density at radius 1 is 1.39 bits per heavy atom. The summed E-state index contributed by atoms with van der Waals surface area (Å²) in [7, 11) is 1.87. The van der Waals surface area contributed by atoms with Crippen LogP contribution in [0.15, 0.2) is 12.3 Å². The molecule has 0 aliphatic rings. The van der Waals surface area contributed by atoms with Gasteiger partial charge in [-0.1, -0.05) is 0 Å². The Bertz CT molecular complexity index is 534. The molecule has 0 aliphatic carbocycles. The average molecular weight is 250 g/mol. The second-order valence-electron chi connectivity index (χ2n) is 4.37. The highest BCUT2D eigenvalue weighted by Crippen LogP contribution is 2.16. The summed E-state index contributed by atoms with van der Waals surface area (Å²) in [4.78, 5) is 4.37. The van der Waals surface area contributed by atoms with Crippen LogP contribution in [0.4, 0.5) is 0 Å². The molecule has 0 amide bonds. The van der Waals surface area contributed by atoms with E-state index in [1.165, 1.54) is 0 Å². The first kappa shape index (κ1) is 12.9. The third-order valence-electron chi connectivity index (χ3n) is 2.96. The number of fused-ring (bicyclic) bond motifs is 1. The fourth-order valence-corrected chi connectivity index (χ4v) is 1.90. The lowest BCUT2D eigenvalue weighted by atomic mass is 10.2. The molecule has 2 aromatic heterocycles. The maximum atomic E-state index is 8.97. The number of pyridine rings is 1. The molecule has 0 fully saturated rings. The van der Waals surface area contributed by atoms with Crippen molar-refractivity contribution < 1.29 is 10.2 Å². The van der Waals surface area contributed by atoms with E-state index in [0.29, 0.717) is 6.54 Å². The van der Waals surface area contributed by atoms with E-state index in [0.717, 1.165) is 22.3 Å². The second-order valence-corrected chi connectivity index (χ2v) is 4.37. The van der Waals surface area contributed by atoms with Crippen LogP contribution in [0.2, 0.25) is 0 Å². The van der Waals surface area contributed by atoms with E-state index in [1.807, 2.05) is 20.0 Å². The zero-order valence-corrected chi connectivity index (χ0v) is 10.6. The van der Waals surface area contributed by atoms with Gasteiger partial charge in [0.05, 0.1) is 24.9 Å². The normalized spacial score (nSPS) is 11.6. The van der Waals surface area contributed by atoms with Crippen LogP contribution < -0.4 is 5.32 Å². The number of hydrogen-bond donors (Lipinski definition) is 3. The molecule has 18 heavy (non-hydrogen) atoms. The molecule has 0 saturated heterocycles. The molecular weight excluding hydrogens is 232 g/mol. The molecule has 0 spiro atoms. The van der Waals surface area contributed by atoms with E-state index in [4.69, 9.17) is 10.2 Å². The van der Waals surface area contributed by atoms with Crippen molar-refractivity contribution in [3.8, 4) is 0 Å². The second kappa shape index (κ2) is 5.43. The van der Waals surface area contributed by atoms with Crippen LogP contribution in [0.5, 0.6) is 0 Å². The molecule has 0 bridgehead atoms. The number of aliphatic hydroxyl groups excluding tert-OH is 2. The van der Waals surface area contributed by atoms with Crippen LogP contribution in [-0.4, -0.2) is 44.2 Å². The van der Waals surface area contributed by atoms with Gasteiger partial charge in [-0.05, 0) is 18.6 Å². The van der Waals surface area contributed by atoms with Crippen LogP contribution in [0, 0.1) is 6.92 Å². The smallest absolute Gasteiger partial charge is 0.157 e. The fraction of sp³-hybridized carbons (Fsp3) is 0.500. The predicted molar refractivity (Wildman–Crippen MR) is 68.0 cm³/mol. The summed E-state index contributed by atoms with van der Waals surface area (Å²) in [5, 5.41) is 26.3. The van der Waals surface area contributed by atoms with Crippen molar-refractivity contribution in [2.24, 2.45) is 7.05 Å². The Balaban J connectivity index is 2.17. The number of aliphatic hydroxyl groups is 2. The lowest BCUT2D eigenvalue weighted by Gasteiger charge is -2.12. The number of aromatic nitrogens is 3. The Labute approximate surface area is 105 Å². The fourth-order valence-electron chi connectivity index (χ4n) is 1.90. The van der Waals surface area contributed by atoms with E-state index in [1.54, 1.807) is 10.9 Å². The summed E-state index contributed by atoms with van der Waals surface area (Å²) in [6.07, 6.45) is 1.78. The average Bonchev–Trinajstić information content (AvgIpc) is 2.66. The first-order valence-corrected chi connectivity index (χ1v) is 5.89. The first-order chi connectivity index (χ1) is 8.65. The molecule has 2 rings (SSSR count). The van der Waals surface area contributed by atoms with Gasteiger partial charge in [0.1, 0.15) is 0 Å². The molecule has 0 saturated carbocycles. The van der Waals surface area contributed by atoms with Crippen LogP contribution in [0.3, 0.4) is 0 Å². The van der Waals surface area contributed by atoms with Crippen molar-refractivity contribution in [1.82, 2.24) is 20.1 Å². The maximum absolute atomic E-state index is 8.97. The Morgan fingerprint density at radius 3 is 2.78 bits per heavy atom. The summed E-state index contributed by atoms with van der Waals surface area (Å²) < 4.78 is 1.76. The number of aryl methyl sites for hydroxylation is 2. The molecule has 6 nitrogen and oxygen atoms in total. The zero-order valence-electron chi connectivity index (χ0n) is 10.6. The van der Waals surface area contributed by atoms with Gasteiger partial charge in [-0.15, -0.1) is 0 Å². The topological polar surface area (TPSA) is 83.2 Å². The highest BCUT2D eigenvalue weighted by molar-refractivity contribution is 5.78. The van der Waals surface area contributed by atoms with Crippen molar-refractivity contribution in [1.29, 1.82) is 0 Å². The largest absolute Gasteiger partial charge is 0.395 e. The van der Waals surface area contributed by atoms with E-state index < -0.39 is 0 Å². The van der Waals surface area contributed by atoms with Gasteiger partial charge >= 0.3 is 0 Å². The monoisotopic (exact) mass is 250 g/mol. The molecule has 6 heteroatoms. The van der Waals surface area contributed by atoms with Crippen molar-refractivity contribution >= 4 is 11.0 Å². The molecule has 0 aromatic carbocycles. The molecule has 0 unspecified atom stereocenters. The minimum Gasteiger partial charge on any atom is -0.395 e. The quantitative estimate of drug-likeness (QED) is 0.680. The van der Waals surface area contributed by atoms with Crippen molar-refractivity contribution in [3.63, 3.8) is 0 Å². The van der Waals surface area contributed by atoms with Gasteiger partial charge in [0.2, 0.25) is 0 Å². The minimum absolute atomic E-state index is 0.0852. The van der Waals surface area contributed by atoms with Crippen LogP contribution in [-0.2, 0) is 13.6 Å². The molecule has 3 N–H and O–H groups in total. The molecule has 0 aliphatic heterocycles. The summed E-state index contributed by atoms with van der Waals surface area (Å²) in [5.41, 5.74) is 2.81. The van der Waals surface area contributed by atoms with Gasteiger partial charge in [-0.2, -0.15) is 5.10 Å². The maximum Gasteiger partial charge on any atom is 0.157 e. The highest BCUT2D eigenvalue weighted by atomic mass is 16.3. The summed E-state index contributed by atoms with van der Waals surface area (Å²) in [6.45, 7) is 2.34. The minimum atomic E-state index is -0.296. The predicted octanol–water partition coefficient (Wildman–Crippen LogP) is -0.280. The number of rotatable bonds is 5. The molecule has 2 aromatic rings. The van der Waals surface area contributed by atoms with Crippen LogP contribution in [0.1, 0.15) is 11.3 Å². The summed E-state index contributed by atoms with van der Waals surface area (Å²) >= 11 is 0. The molecule has 2 heterocycles. The van der Waals surface area contributed by atoms with Gasteiger partial charge in [-0.25, -0.2) is 4.98 Å². The third-order valence-corrected chi connectivity index (χ3v) is 2.96. The molecule has 98 valence electrons. The van der Waals surface area contributed by atoms with Crippen LogP contribution in [0.25, 0.3) is 11.0 Å². The SMILES string of the molecule is Cc1nn(C)c2ncc(CNC(CO)CO)cc12. The Hall–Kier alpha value is -1.50. The zero-order chi connectivity index (χ0) is 13.1. The Kier molecular flexibility index (Phi) is 3.90. The van der Waals surface area contributed by atoms with Crippen LogP contribution >= 0.6 is 0 Å². The number of nitrogens with one attached hydrogen (secondary N) is 1. The molecule has 0 atom stereocenters. The highest BCUT2D eigenvalue weighted by Gasteiger charge is 2.08. The third kappa shape index (κ3) is 2.50. The van der Waals surface area contributed by atoms with Gasteiger partial charge < -0.3 is 15.5 Å². The first-order valence-electron chi connectivity index (χ1n) is 5.89. The van der Waals surface area contributed by atoms with Gasteiger partial charge in [-0.3, -0.25) is 4.68 Å². The van der Waals surface area contributed by atoms with E-state index in [9.17, 15) is 0 Å². The summed E-state index contributed by atoms with van der Waals surface area (Å²) in [5.74, 6) is 0. The van der Waals surface area contributed by atoms with E-state index >= 15 is 0 Å². The molecular formula is C12H18N4O2. The van der Waals surface area contributed by atoms with Crippen molar-refractivity contribution in [2.75, 3.05) is 13.2 Å². The van der Waals surface area contributed by atoms with E-state index in [-0.39, 0.29) is 19.3 Å². The van der Waals surface area contributed by atoms with Gasteiger partial charge in [0.15, 0.2) is 5.65 Å². The van der Waals surface area contributed by atoms with Gasteiger partial charge in [0, 0.05) is 25.2 Å². The lowest BCUT2D eigenvalue weighted by molar-refractivity contribution is 0.170. The Morgan fingerprint density at radius 2 is 2.11 bits per heavy atom. The van der Waals surface area contributed by atoms with Crippen molar-refractivity contribution in [2.45, 2.75) is 19.5 Å². The summed E-state index contributed by atoms with van der Waals surface area (Å²) in [6, 6.07) is 1.74. The number of hydrogen-bond acceptors (Lipinski definition) is 5. The standard InChI is InChI=1S/C12H18N4O2/c1-8-11-3-9(4-13-10(6-17)7-18)5-14-12(11)16(2)15-8/h3,5,10,13,17-18H,4,6-7H2,1-2H3. The number of nitrogens with zero attached hydrogens (tertiary/aromatic N) is 3. The van der Waals surface area contributed by atoms with Gasteiger partial charge in [0.25, 0.3) is 0 Å². The van der Waals surface area contributed by atoms with E-state index in [2.05, 4.69) is 15.4 Å².